The van der Waals surface area contributed by atoms with Crippen molar-refractivity contribution in [3.05, 3.63) is 36.1 Å². The van der Waals surface area contributed by atoms with Gasteiger partial charge in [0.15, 0.2) is 0 Å². The zero-order valence-corrected chi connectivity index (χ0v) is 4.67. The Hall–Kier alpha value is -0.980. The molecule has 0 spiro atoms. The second kappa shape index (κ2) is 2.36. The fourth-order valence-corrected chi connectivity index (χ4v) is 0.594. The van der Waals surface area contributed by atoms with Crippen molar-refractivity contribution in [1.82, 2.24) is 0 Å². The average Bonchev–Trinajstić information content (AvgIpc) is 1.94. The highest BCUT2D eigenvalue weighted by Crippen LogP contribution is 1.98. The van der Waals surface area contributed by atoms with Gasteiger partial charge in [0.05, 0.1) is 0 Å². The summed E-state index contributed by atoms with van der Waals surface area (Å²) in [6.07, 6.45) is 10.7. The maximum atomic E-state index is 5.49. The molecule has 0 saturated carbocycles. The predicted octanol–water partition coefficient (Wildman–Crippen LogP) is 1.35. The molecule has 0 aromatic rings. The Morgan fingerprint density at radius 2 is 2.12 bits per heavy atom. The van der Waals surface area contributed by atoms with Gasteiger partial charge in [-0.3, -0.25) is 0 Å². The summed E-state index contributed by atoms with van der Waals surface area (Å²) in [5.41, 5.74) is 6.42. The SMILES string of the molecule is NC1=CC=CC=CC1. The molecule has 0 bridgehead atoms. The lowest BCUT2D eigenvalue weighted by atomic mass is 10.3. The summed E-state index contributed by atoms with van der Waals surface area (Å²) >= 11 is 0. The molecule has 0 aliphatic heterocycles. The zero-order chi connectivity index (χ0) is 5.82. The fourth-order valence-electron chi connectivity index (χ4n) is 0.594. The van der Waals surface area contributed by atoms with Crippen molar-refractivity contribution < 1.29 is 0 Å². The summed E-state index contributed by atoms with van der Waals surface area (Å²) in [6, 6.07) is 0. The van der Waals surface area contributed by atoms with Gasteiger partial charge in [-0.25, -0.2) is 0 Å². The second-order valence-corrected chi connectivity index (χ2v) is 1.76. The van der Waals surface area contributed by atoms with E-state index in [1.165, 1.54) is 0 Å². The van der Waals surface area contributed by atoms with Crippen LogP contribution in [0, 0.1) is 0 Å². The maximum Gasteiger partial charge on any atom is 0.0119 e. The highest BCUT2D eigenvalue weighted by atomic mass is 14.6. The minimum Gasteiger partial charge on any atom is -0.402 e. The van der Waals surface area contributed by atoms with E-state index in [-0.39, 0.29) is 0 Å². The summed E-state index contributed by atoms with van der Waals surface area (Å²) in [4.78, 5) is 0. The number of hydrogen-bond acceptors (Lipinski definition) is 1. The number of nitrogens with two attached hydrogens (primary N) is 1. The van der Waals surface area contributed by atoms with Gasteiger partial charge in [-0.2, -0.15) is 0 Å². The van der Waals surface area contributed by atoms with Crippen LogP contribution in [0.25, 0.3) is 0 Å². The van der Waals surface area contributed by atoms with E-state index >= 15 is 0 Å². The third-order valence-corrected chi connectivity index (χ3v) is 1.02. The third-order valence-electron chi connectivity index (χ3n) is 1.02. The average molecular weight is 107 g/mol. The van der Waals surface area contributed by atoms with Gasteiger partial charge in [0, 0.05) is 12.1 Å². The van der Waals surface area contributed by atoms with Gasteiger partial charge in [-0.05, 0) is 6.08 Å². The first kappa shape index (κ1) is 5.16. The molecule has 1 aliphatic carbocycles. The summed E-state index contributed by atoms with van der Waals surface area (Å²) in [5.74, 6) is 0. The van der Waals surface area contributed by atoms with Crippen LogP contribution in [0.5, 0.6) is 0 Å². The molecule has 0 unspecified atom stereocenters. The van der Waals surface area contributed by atoms with Crippen LogP contribution in [0.15, 0.2) is 36.1 Å². The van der Waals surface area contributed by atoms with E-state index in [2.05, 4.69) is 0 Å². The van der Waals surface area contributed by atoms with E-state index in [9.17, 15) is 0 Å². The predicted molar refractivity (Wildman–Crippen MR) is 35.2 cm³/mol. The van der Waals surface area contributed by atoms with Crippen molar-refractivity contribution >= 4 is 0 Å². The molecule has 0 saturated heterocycles. The third kappa shape index (κ3) is 1.26. The Balaban J connectivity index is 2.69. The number of rotatable bonds is 0. The molecule has 0 atom stereocenters. The normalized spacial score (nSPS) is 17.8. The van der Waals surface area contributed by atoms with E-state index in [0.29, 0.717) is 0 Å². The van der Waals surface area contributed by atoms with Crippen LogP contribution in [-0.4, -0.2) is 0 Å². The molecule has 0 heterocycles. The molecule has 0 aromatic heterocycles. The van der Waals surface area contributed by atoms with Crippen molar-refractivity contribution in [3.63, 3.8) is 0 Å². The van der Waals surface area contributed by atoms with Gasteiger partial charge in [-0.15, -0.1) is 0 Å². The summed E-state index contributed by atoms with van der Waals surface area (Å²) in [7, 11) is 0. The van der Waals surface area contributed by atoms with Crippen LogP contribution in [-0.2, 0) is 0 Å². The topological polar surface area (TPSA) is 26.0 Å². The molecule has 1 heteroatoms. The molecule has 1 aliphatic rings. The molecule has 1 rings (SSSR count). The van der Waals surface area contributed by atoms with Crippen molar-refractivity contribution in [2.75, 3.05) is 0 Å². The quantitative estimate of drug-likeness (QED) is 0.496. The van der Waals surface area contributed by atoms with E-state index in [1.54, 1.807) is 0 Å². The Labute approximate surface area is 49.2 Å². The maximum absolute atomic E-state index is 5.49. The van der Waals surface area contributed by atoms with Crippen LogP contribution in [0.2, 0.25) is 0 Å². The molecule has 8 heavy (non-hydrogen) atoms. The second-order valence-electron chi connectivity index (χ2n) is 1.76. The first-order chi connectivity index (χ1) is 3.89. The summed E-state index contributed by atoms with van der Waals surface area (Å²) in [6.45, 7) is 0. The number of allylic oxidation sites excluding steroid dienone is 5. The van der Waals surface area contributed by atoms with Gasteiger partial charge in [-0.1, -0.05) is 24.3 Å². The summed E-state index contributed by atoms with van der Waals surface area (Å²) < 4.78 is 0. The highest BCUT2D eigenvalue weighted by molar-refractivity contribution is 5.20. The first-order valence-electron chi connectivity index (χ1n) is 2.67. The van der Waals surface area contributed by atoms with E-state index in [0.717, 1.165) is 12.1 Å². The zero-order valence-electron chi connectivity index (χ0n) is 4.67. The molecule has 2 N–H and O–H groups in total. The van der Waals surface area contributed by atoms with E-state index in [4.69, 9.17) is 5.73 Å². The van der Waals surface area contributed by atoms with Crippen LogP contribution in [0.3, 0.4) is 0 Å². The lowest BCUT2D eigenvalue weighted by molar-refractivity contribution is 1.17. The largest absolute Gasteiger partial charge is 0.402 e. The van der Waals surface area contributed by atoms with Gasteiger partial charge < -0.3 is 5.73 Å². The van der Waals surface area contributed by atoms with Crippen LogP contribution >= 0.6 is 0 Å². The first-order valence-corrected chi connectivity index (χ1v) is 2.67. The molecule has 0 amide bonds. The van der Waals surface area contributed by atoms with Crippen LogP contribution in [0.1, 0.15) is 6.42 Å². The molecular formula is C7H9N. The van der Waals surface area contributed by atoms with Gasteiger partial charge >= 0.3 is 0 Å². The van der Waals surface area contributed by atoms with E-state index < -0.39 is 0 Å². The molecule has 42 valence electrons. The van der Waals surface area contributed by atoms with Crippen molar-refractivity contribution in [1.29, 1.82) is 0 Å². The monoisotopic (exact) mass is 107 g/mol. The standard InChI is InChI=1S/C7H9N/c8-7-5-3-1-2-4-6-7/h1-5H,6,8H2. The molecule has 0 fully saturated rings. The minimum atomic E-state index is 0.882. The van der Waals surface area contributed by atoms with Crippen LogP contribution < -0.4 is 5.73 Å². The Morgan fingerprint density at radius 1 is 1.25 bits per heavy atom. The van der Waals surface area contributed by atoms with Gasteiger partial charge in [0.25, 0.3) is 0 Å². The fraction of sp³-hybridized carbons (Fsp3) is 0.143. The smallest absolute Gasteiger partial charge is 0.0119 e. The minimum absolute atomic E-state index is 0.882. The number of hydrogen-bond donors (Lipinski definition) is 1. The lowest BCUT2D eigenvalue weighted by Gasteiger charge is -1.87. The Morgan fingerprint density at radius 3 is 3.00 bits per heavy atom. The molecule has 0 aromatic carbocycles. The van der Waals surface area contributed by atoms with Gasteiger partial charge in [0.1, 0.15) is 0 Å². The van der Waals surface area contributed by atoms with E-state index in [1.807, 2.05) is 30.4 Å². The lowest BCUT2D eigenvalue weighted by Crippen LogP contribution is -1.92. The molecule has 1 nitrogen and oxygen atoms in total. The van der Waals surface area contributed by atoms with Gasteiger partial charge in [0.2, 0.25) is 0 Å². The van der Waals surface area contributed by atoms with Crippen molar-refractivity contribution in [2.45, 2.75) is 6.42 Å². The van der Waals surface area contributed by atoms with Crippen molar-refractivity contribution in [2.24, 2.45) is 5.73 Å². The Bertz CT molecular complexity index is 152. The summed E-state index contributed by atoms with van der Waals surface area (Å²) in [5, 5.41) is 0. The van der Waals surface area contributed by atoms with Crippen molar-refractivity contribution in [3.8, 4) is 0 Å². The Kier molecular flexibility index (Phi) is 1.52. The van der Waals surface area contributed by atoms with Crippen LogP contribution in [0.4, 0.5) is 0 Å². The highest BCUT2D eigenvalue weighted by Gasteiger charge is 1.83. The molecular weight excluding hydrogens is 98.1 g/mol. The molecule has 0 radical (unpaired) electrons.